The summed E-state index contributed by atoms with van der Waals surface area (Å²) < 4.78 is 7.58. The Hall–Kier alpha value is -2.22. The average Bonchev–Trinajstić information content (AvgIpc) is 3.07. The molecule has 0 spiro atoms. The number of nitrogens with one attached hydrogen (secondary N) is 1. The van der Waals surface area contributed by atoms with Crippen molar-refractivity contribution in [1.29, 1.82) is 0 Å². The molecule has 1 amide bonds. The van der Waals surface area contributed by atoms with Gasteiger partial charge < -0.3 is 14.6 Å². The van der Waals surface area contributed by atoms with Crippen LogP contribution in [-0.4, -0.2) is 26.4 Å². The van der Waals surface area contributed by atoms with Crippen molar-refractivity contribution in [1.82, 2.24) is 14.8 Å². The number of hydrogen-bond acceptors (Lipinski definition) is 5. The molecule has 0 atom stereocenters. The second-order valence-corrected chi connectivity index (χ2v) is 7.93. The third-order valence-electron chi connectivity index (χ3n) is 4.18. The van der Waals surface area contributed by atoms with E-state index in [0.717, 1.165) is 12.2 Å². The number of anilines is 1. The smallest absolute Gasteiger partial charge is 0.234 e. The molecule has 0 radical (unpaired) electrons. The topological polar surface area (TPSA) is 69.0 Å². The van der Waals surface area contributed by atoms with E-state index in [2.05, 4.69) is 22.4 Å². The molecule has 29 heavy (non-hydrogen) atoms. The van der Waals surface area contributed by atoms with Gasteiger partial charge >= 0.3 is 0 Å². The van der Waals surface area contributed by atoms with Gasteiger partial charge in [0.15, 0.2) is 11.0 Å². The molecule has 6 nitrogen and oxygen atoms in total. The van der Waals surface area contributed by atoms with Crippen molar-refractivity contribution >= 4 is 46.6 Å². The van der Waals surface area contributed by atoms with Crippen LogP contribution in [0.15, 0.2) is 47.6 Å². The van der Waals surface area contributed by atoms with Crippen LogP contribution in [0.2, 0.25) is 10.0 Å². The van der Waals surface area contributed by atoms with Crippen molar-refractivity contribution in [3.05, 3.63) is 63.9 Å². The lowest BCUT2D eigenvalue weighted by Gasteiger charge is -2.09. The van der Waals surface area contributed by atoms with Crippen LogP contribution in [-0.2, 0) is 24.9 Å². The third kappa shape index (κ3) is 5.65. The van der Waals surface area contributed by atoms with Crippen LogP contribution in [0, 0.1) is 0 Å². The summed E-state index contributed by atoms with van der Waals surface area (Å²) in [4.78, 5) is 12.2. The van der Waals surface area contributed by atoms with Crippen LogP contribution in [0.3, 0.4) is 0 Å². The maximum absolute atomic E-state index is 12.2. The first-order valence-corrected chi connectivity index (χ1v) is 10.7. The zero-order chi connectivity index (χ0) is 20.8. The summed E-state index contributed by atoms with van der Waals surface area (Å²) in [7, 11) is 1.84. The van der Waals surface area contributed by atoms with Crippen LogP contribution >= 0.6 is 35.0 Å². The quantitative estimate of drug-likeness (QED) is 0.489. The zero-order valence-corrected chi connectivity index (χ0v) is 18.3. The molecule has 0 aliphatic rings. The number of carbonyl (C=O) groups is 1. The molecule has 0 aliphatic carbocycles. The van der Waals surface area contributed by atoms with Crippen molar-refractivity contribution in [2.45, 2.75) is 25.1 Å². The fourth-order valence-electron chi connectivity index (χ4n) is 2.49. The Morgan fingerprint density at radius 3 is 2.48 bits per heavy atom. The first kappa shape index (κ1) is 21.5. The Kier molecular flexibility index (Phi) is 7.41. The third-order valence-corrected chi connectivity index (χ3v) is 5.83. The Bertz CT molecular complexity index is 972. The van der Waals surface area contributed by atoms with Gasteiger partial charge in [-0.15, -0.1) is 10.2 Å². The fraction of sp³-hybridized carbons (Fsp3) is 0.250. The number of rotatable bonds is 8. The van der Waals surface area contributed by atoms with Crippen LogP contribution in [0.4, 0.5) is 5.69 Å². The molecule has 1 N–H and O–H groups in total. The molecule has 1 heterocycles. The number of aryl methyl sites for hydroxylation is 1. The minimum Gasteiger partial charge on any atom is -0.486 e. The maximum atomic E-state index is 12.2. The summed E-state index contributed by atoms with van der Waals surface area (Å²) in [6.07, 6.45) is 0.987. The number of ether oxygens (including phenoxy) is 1. The van der Waals surface area contributed by atoms with Gasteiger partial charge in [0.25, 0.3) is 0 Å². The van der Waals surface area contributed by atoms with E-state index < -0.39 is 0 Å². The van der Waals surface area contributed by atoms with Gasteiger partial charge in [0.1, 0.15) is 12.4 Å². The first-order chi connectivity index (χ1) is 14.0. The number of amides is 1. The van der Waals surface area contributed by atoms with Crippen molar-refractivity contribution in [3.8, 4) is 5.75 Å². The Morgan fingerprint density at radius 1 is 1.14 bits per heavy atom. The Morgan fingerprint density at radius 2 is 1.83 bits per heavy atom. The lowest BCUT2D eigenvalue weighted by Crippen LogP contribution is -2.15. The normalized spacial score (nSPS) is 10.8. The highest BCUT2D eigenvalue weighted by Gasteiger charge is 2.14. The average molecular weight is 451 g/mol. The largest absolute Gasteiger partial charge is 0.486 e. The second-order valence-electron chi connectivity index (χ2n) is 6.18. The van der Waals surface area contributed by atoms with Crippen LogP contribution < -0.4 is 10.1 Å². The summed E-state index contributed by atoms with van der Waals surface area (Å²) in [5, 5.41) is 12.4. The molecular weight excluding hydrogens is 431 g/mol. The van der Waals surface area contributed by atoms with Crippen LogP contribution in [0.1, 0.15) is 18.3 Å². The molecular formula is C20H20Cl2N4O2S. The standard InChI is InChI=1S/C20H20Cl2N4O2S/c1-3-13-7-9-14(10-8-13)28-11-17-24-25-20(26(17)2)29-12-18(27)23-19-15(21)5-4-6-16(19)22/h4-10H,3,11-12H2,1-2H3,(H,23,27). The van der Waals surface area contributed by atoms with Gasteiger partial charge in [0.05, 0.1) is 21.5 Å². The van der Waals surface area contributed by atoms with E-state index in [-0.39, 0.29) is 18.3 Å². The van der Waals surface area contributed by atoms with Gasteiger partial charge in [-0.25, -0.2) is 0 Å². The molecule has 152 valence electrons. The van der Waals surface area contributed by atoms with E-state index in [1.165, 1.54) is 17.3 Å². The highest BCUT2D eigenvalue weighted by Crippen LogP contribution is 2.30. The van der Waals surface area contributed by atoms with Crippen molar-refractivity contribution in [2.75, 3.05) is 11.1 Å². The minimum atomic E-state index is -0.234. The molecule has 0 aliphatic heterocycles. The van der Waals surface area contributed by atoms with E-state index >= 15 is 0 Å². The molecule has 1 aromatic heterocycles. The number of aromatic nitrogens is 3. The molecule has 0 unspecified atom stereocenters. The summed E-state index contributed by atoms with van der Waals surface area (Å²) >= 11 is 13.4. The van der Waals surface area contributed by atoms with Crippen LogP contribution in [0.5, 0.6) is 5.75 Å². The number of halogens is 2. The van der Waals surface area contributed by atoms with Gasteiger partial charge in [0.2, 0.25) is 5.91 Å². The molecule has 3 rings (SSSR count). The summed E-state index contributed by atoms with van der Waals surface area (Å²) in [6, 6.07) is 13.0. The Balaban J connectivity index is 1.54. The SMILES string of the molecule is CCc1ccc(OCc2nnc(SCC(=O)Nc3c(Cl)cccc3Cl)n2C)cc1. The minimum absolute atomic E-state index is 0.146. The van der Waals surface area contributed by atoms with E-state index in [9.17, 15) is 4.79 Å². The monoisotopic (exact) mass is 450 g/mol. The number of thioether (sulfide) groups is 1. The van der Waals surface area contributed by atoms with Crippen molar-refractivity contribution in [2.24, 2.45) is 7.05 Å². The Labute approximate surface area is 183 Å². The number of hydrogen-bond donors (Lipinski definition) is 1. The highest BCUT2D eigenvalue weighted by atomic mass is 35.5. The van der Waals surface area contributed by atoms with Gasteiger partial charge in [-0.3, -0.25) is 4.79 Å². The van der Waals surface area contributed by atoms with Crippen molar-refractivity contribution in [3.63, 3.8) is 0 Å². The summed E-state index contributed by atoms with van der Waals surface area (Å²) in [5.74, 6) is 1.35. The van der Waals surface area contributed by atoms with Crippen molar-refractivity contribution < 1.29 is 9.53 Å². The lowest BCUT2D eigenvalue weighted by atomic mass is 10.2. The second kappa shape index (κ2) is 10.0. The van der Waals surface area contributed by atoms with E-state index in [1.807, 2.05) is 31.3 Å². The van der Waals surface area contributed by atoms with Gasteiger partial charge in [-0.1, -0.05) is 60.1 Å². The fourth-order valence-corrected chi connectivity index (χ4v) is 3.71. The molecule has 0 bridgehead atoms. The van der Waals surface area contributed by atoms with Gasteiger partial charge in [0, 0.05) is 7.05 Å². The highest BCUT2D eigenvalue weighted by molar-refractivity contribution is 7.99. The number of benzene rings is 2. The van der Waals surface area contributed by atoms with Crippen LogP contribution in [0.25, 0.3) is 0 Å². The number of carbonyl (C=O) groups excluding carboxylic acids is 1. The predicted molar refractivity (Wildman–Crippen MR) is 117 cm³/mol. The molecule has 3 aromatic rings. The van der Waals surface area contributed by atoms with Gasteiger partial charge in [-0.2, -0.15) is 0 Å². The summed E-state index contributed by atoms with van der Waals surface area (Å²) in [6.45, 7) is 2.40. The lowest BCUT2D eigenvalue weighted by molar-refractivity contribution is -0.113. The van der Waals surface area contributed by atoms with Gasteiger partial charge in [-0.05, 0) is 36.2 Å². The molecule has 0 saturated heterocycles. The maximum Gasteiger partial charge on any atom is 0.234 e. The predicted octanol–water partition coefficient (Wildman–Crippen LogP) is 4.99. The van der Waals surface area contributed by atoms with E-state index in [4.69, 9.17) is 27.9 Å². The zero-order valence-electron chi connectivity index (χ0n) is 16.0. The molecule has 0 saturated carbocycles. The summed E-state index contributed by atoms with van der Waals surface area (Å²) in [5.41, 5.74) is 1.66. The number of para-hydroxylation sites is 1. The van der Waals surface area contributed by atoms with E-state index in [0.29, 0.717) is 26.7 Å². The van der Waals surface area contributed by atoms with E-state index in [1.54, 1.807) is 22.8 Å². The molecule has 9 heteroatoms. The number of nitrogens with zero attached hydrogens (tertiary/aromatic N) is 3. The molecule has 0 fully saturated rings. The molecule has 2 aromatic carbocycles. The first-order valence-electron chi connectivity index (χ1n) is 8.94.